The summed E-state index contributed by atoms with van der Waals surface area (Å²) in [7, 11) is 0. The van der Waals surface area contributed by atoms with Crippen molar-refractivity contribution in [2.75, 3.05) is 0 Å². The average Bonchev–Trinajstić information content (AvgIpc) is 2.62. The van der Waals surface area contributed by atoms with E-state index in [0.29, 0.717) is 11.3 Å². The summed E-state index contributed by atoms with van der Waals surface area (Å²) in [6.45, 7) is 0. The molecule has 3 aromatic rings. The van der Waals surface area contributed by atoms with Crippen LogP contribution in [0.3, 0.4) is 0 Å². The molecule has 0 saturated heterocycles. The summed E-state index contributed by atoms with van der Waals surface area (Å²) < 4.78 is 14.6. The van der Waals surface area contributed by atoms with E-state index >= 15 is 0 Å². The van der Waals surface area contributed by atoms with Crippen LogP contribution in [0.1, 0.15) is 15.9 Å². The van der Waals surface area contributed by atoms with E-state index in [1.807, 2.05) is 6.07 Å². The van der Waals surface area contributed by atoms with Crippen LogP contribution in [0.25, 0.3) is 22.4 Å². The number of rotatable bonds is 3. The Morgan fingerprint density at radius 3 is 2.46 bits per heavy atom. The quantitative estimate of drug-likeness (QED) is 0.803. The van der Waals surface area contributed by atoms with Crippen LogP contribution in [0.2, 0.25) is 0 Å². The molecule has 2 aromatic heterocycles. The lowest BCUT2D eigenvalue weighted by atomic mass is 9.98. The number of hydrogen-bond donors (Lipinski definition) is 1. The predicted molar refractivity (Wildman–Crippen MR) is 86.1 cm³/mol. The first-order chi connectivity index (χ1) is 11.6. The van der Waals surface area contributed by atoms with Gasteiger partial charge < -0.3 is 5.73 Å². The van der Waals surface area contributed by atoms with E-state index in [4.69, 9.17) is 11.0 Å². The lowest BCUT2D eigenvalue weighted by molar-refractivity contribution is 0.0996. The van der Waals surface area contributed by atoms with Crippen LogP contribution < -0.4 is 5.73 Å². The van der Waals surface area contributed by atoms with Gasteiger partial charge in [-0.15, -0.1) is 0 Å². The molecular weight excluding hydrogens is 307 g/mol. The van der Waals surface area contributed by atoms with Crippen LogP contribution in [-0.4, -0.2) is 15.9 Å². The Kier molecular flexibility index (Phi) is 4.00. The van der Waals surface area contributed by atoms with Gasteiger partial charge in [-0.25, -0.2) is 4.39 Å². The van der Waals surface area contributed by atoms with Crippen molar-refractivity contribution < 1.29 is 9.18 Å². The molecule has 2 heterocycles. The summed E-state index contributed by atoms with van der Waals surface area (Å²) in [5, 5.41) is 9.09. The zero-order valence-electron chi connectivity index (χ0n) is 12.4. The molecule has 0 aliphatic rings. The minimum atomic E-state index is -0.922. The highest BCUT2D eigenvalue weighted by molar-refractivity contribution is 5.95. The molecule has 0 saturated carbocycles. The number of halogens is 1. The molecule has 1 amide bonds. The second-order valence-electron chi connectivity index (χ2n) is 5.03. The first kappa shape index (κ1) is 15.3. The third-order valence-electron chi connectivity index (χ3n) is 3.51. The van der Waals surface area contributed by atoms with E-state index in [2.05, 4.69) is 9.97 Å². The van der Waals surface area contributed by atoms with Crippen molar-refractivity contribution >= 4 is 5.91 Å². The molecule has 0 aliphatic carbocycles. The summed E-state index contributed by atoms with van der Waals surface area (Å²) >= 11 is 0. The van der Waals surface area contributed by atoms with Crippen molar-refractivity contribution in [2.45, 2.75) is 0 Å². The Morgan fingerprint density at radius 1 is 1.08 bits per heavy atom. The number of hydrogen-bond acceptors (Lipinski definition) is 4. The van der Waals surface area contributed by atoms with Gasteiger partial charge in [-0.05, 0) is 42.0 Å². The van der Waals surface area contributed by atoms with Crippen molar-refractivity contribution in [1.82, 2.24) is 9.97 Å². The number of primary amides is 1. The molecule has 0 spiro atoms. The van der Waals surface area contributed by atoms with E-state index in [0.717, 1.165) is 11.6 Å². The van der Waals surface area contributed by atoms with Crippen LogP contribution in [-0.2, 0) is 0 Å². The third kappa shape index (κ3) is 2.83. The highest BCUT2D eigenvalue weighted by atomic mass is 19.1. The number of nitriles is 1. The zero-order chi connectivity index (χ0) is 17.1. The van der Waals surface area contributed by atoms with Crippen LogP contribution in [0.4, 0.5) is 4.39 Å². The monoisotopic (exact) mass is 318 g/mol. The molecule has 0 atom stereocenters. The minimum absolute atomic E-state index is 0.126. The van der Waals surface area contributed by atoms with Gasteiger partial charge in [-0.3, -0.25) is 14.8 Å². The number of pyridine rings is 2. The number of aromatic nitrogens is 2. The molecular formula is C18H11FN4O. The van der Waals surface area contributed by atoms with Crippen molar-refractivity contribution in [3.63, 3.8) is 0 Å². The molecule has 0 bridgehead atoms. The van der Waals surface area contributed by atoms with Crippen molar-refractivity contribution in [3.05, 3.63) is 71.9 Å². The molecule has 116 valence electrons. The molecule has 24 heavy (non-hydrogen) atoms. The van der Waals surface area contributed by atoms with Crippen LogP contribution in [0.15, 0.2) is 55.0 Å². The summed E-state index contributed by atoms with van der Waals surface area (Å²) in [5.41, 5.74) is 7.10. The Balaban J connectivity index is 2.18. The van der Waals surface area contributed by atoms with Crippen molar-refractivity contribution in [3.8, 4) is 28.5 Å². The van der Waals surface area contributed by atoms with E-state index in [-0.39, 0.29) is 16.7 Å². The molecule has 0 unspecified atom stereocenters. The first-order valence-electron chi connectivity index (χ1n) is 7.00. The smallest absolute Gasteiger partial charge is 0.251 e. The molecule has 0 fully saturated rings. The maximum absolute atomic E-state index is 14.6. The normalized spacial score (nSPS) is 10.2. The fourth-order valence-corrected chi connectivity index (χ4v) is 2.36. The van der Waals surface area contributed by atoms with E-state index in [1.165, 1.54) is 12.3 Å². The van der Waals surface area contributed by atoms with Gasteiger partial charge in [-0.2, -0.15) is 5.26 Å². The largest absolute Gasteiger partial charge is 0.366 e. The maximum atomic E-state index is 14.6. The van der Waals surface area contributed by atoms with Gasteiger partial charge in [0.15, 0.2) is 0 Å². The fraction of sp³-hybridized carbons (Fsp3) is 0. The number of nitrogens with zero attached hydrogens (tertiary/aromatic N) is 3. The van der Waals surface area contributed by atoms with Gasteiger partial charge in [0.2, 0.25) is 0 Å². The van der Waals surface area contributed by atoms with Crippen molar-refractivity contribution in [1.29, 1.82) is 5.26 Å². The summed E-state index contributed by atoms with van der Waals surface area (Å²) in [6, 6.07) is 11.3. The standard InChI is InChI=1S/C18H11FN4O/c19-17-14(7-11(10-20)8-15(17)18(21)24)13-3-6-23-16(9-13)12-1-4-22-5-2-12/h1-9H,(H2,21,24). The summed E-state index contributed by atoms with van der Waals surface area (Å²) in [4.78, 5) is 19.6. The van der Waals surface area contributed by atoms with Gasteiger partial charge in [0.25, 0.3) is 5.91 Å². The number of benzene rings is 1. The third-order valence-corrected chi connectivity index (χ3v) is 3.51. The first-order valence-corrected chi connectivity index (χ1v) is 7.00. The summed E-state index contributed by atoms with van der Waals surface area (Å²) in [6.07, 6.45) is 4.80. The Morgan fingerprint density at radius 2 is 1.79 bits per heavy atom. The fourth-order valence-electron chi connectivity index (χ4n) is 2.36. The predicted octanol–water partition coefficient (Wildman–Crippen LogP) is 2.92. The number of nitrogens with two attached hydrogens (primary N) is 1. The molecule has 5 nitrogen and oxygen atoms in total. The van der Waals surface area contributed by atoms with Gasteiger partial charge in [-0.1, -0.05) is 0 Å². The molecule has 3 rings (SSSR count). The average molecular weight is 318 g/mol. The van der Waals surface area contributed by atoms with Crippen LogP contribution in [0, 0.1) is 17.1 Å². The van der Waals surface area contributed by atoms with E-state index < -0.39 is 11.7 Å². The second kappa shape index (κ2) is 6.26. The van der Waals surface area contributed by atoms with Gasteiger partial charge >= 0.3 is 0 Å². The Hall–Kier alpha value is -3.59. The highest BCUT2D eigenvalue weighted by Crippen LogP contribution is 2.29. The molecule has 0 radical (unpaired) electrons. The number of carbonyl (C=O) groups is 1. The Labute approximate surface area is 137 Å². The van der Waals surface area contributed by atoms with Crippen molar-refractivity contribution in [2.24, 2.45) is 5.73 Å². The van der Waals surface area contributed by atoms with Gasteiger partial charge in [0, 0.05) is 29.7 Å². The van der Waals surface area contributed by atoms with E-state index in [1.54, 1.807) is 36.7 Å². The molecule has 6 heteroatoms. The SMILES string of the molecule is N#Cc1cc(C(N)=O)c(F)c(-c2ccnc(-c3ccncc3)c2)c1. The highest BCUT2D eigenvalue weighted by Gasteiger charge is 2.17. The Bertz CT molecular complexity index is 964. The van der Waals surface area contributed by atoms with Crippen LogP contribution >= 0.6 is 0 Å². The van der Waals surface area contributed by atoms with E-state index in [9.17, 15) is 9.18 Å². The van der Waals surface area contributed by atoms with Crippen LogP contribution in [0.5, 0.6) is 0 Å². The molecule has 0 aliphatic heterocycles. The number of carbonyl (C=O) groups excluding carboxylic acids is 1. The minimum Gasteiger partial charge on any atom is -0.366 e. The molecule has 2 N–H and O–H groups in total. The lowest BCUT2D eigenvalue weighted by Gasteiger charge is -2.09. The topological polar surface area (TPSA) is 92.7 Å². The summed E-state index contributed by atoms with van der Waals surface area (Å²) in [5.74, 6) is -1.68. The number of amides is 1. The zero-order valence-corrected chi connectivity index (χ0v) is 12.4. The molecule has 1 aromatic carbocycles. The van der Waals surface area contributed by atoms with Gasteiger partial charge in [0.05, 0.1) is 22.9 Å². The maximum Gasteiger partial charge on any atom is 0.251 e. The lowest BCUT2D eigenvalue weighted by Crippen LogP contribution is -2.14. The second-order valence-corrected chi connectivity index (χ2v) is 5.03. The van der Waals surface area contributed by atoms with Gasteiger partial charge in [0.1, 0.15) is 5.82 Å².